The second kappa shape index (κ2) is 7.45. The molecule has 0 unspecified atom stereocenters. The minimum Gasteiger partial charge on any atom is -0.491 e. The number of carbonyl (C=O) groups excluding carboxylic acids is 1. The van der Waals surface area contributed by atoms with Crippen molar-refractivity contribution in [2.45, 2.75) is 20.0 Å². The highest BCUT2D eigenvalue weighted by molar-refractivity contribution is 5.90. The van der Waals surface area contributed by atoms with Crippen LogP contribution < -0.4 is 9.47 Å². The number of nitrogens with zero attached hydrogens (tertiary/aromatic N) is 1. The van der Waals surface area contributed by atoms with Crippen molar-refractivity contribution in [2.24, 2.45) is 0 Å². The summed E-state index contributed by atoms with van der Waals surface area (Å²) in [4.78, 5) is 21.9. The van der Waals surface area contributed by atoms with Gasteiger partial charge in [0.2, 0.25) is 0 Å². The van der Waals surface area contributed by atoms with Gasteiger partial charge in [0.25, 0.3) is 5.69 Å². The van der Waals surface area contributed by atoms with Crippen LogP contribution in [-0.4, -0.2) is 24.1 Å². The number of carbonyl (C=O) groups is 1. The Labute approximate surface area is 138 Å². The van der Waals surface area contributed by atoms with Crippen molar-refractivity contribution >= 4 is 11.7 Å². The maximum atomic E-state index is 11.8. The quantitative estimate of drug-likeness (QED) is 0.452. The molecule has 0 fully saturated rings. The smallest absolute Gasteiger partial charge is 0.338 e. The Morgan fingerprint density at radius 1 is 1.04 bits per heavy atom. The molecule has 0 atom stereocenters. The van der Waals surface area contributed by atoms with Crippen molar-refractivity contribution in [3.8, 4) is 17.2 Å². The summed E-state index contributed by atoms with van der Waals surface area (Å²) in [5.74, 6) is 0.711. The molecule has 0 amide bonds. The molecule has 126 valence electrons. The zero-order valence-corrected chi connectivity index (χ0v) is 13.5. The van der Waals surface area contributed by atoms with Crippen LogP contribution >= 0.6 is 0 Å². The second-order valence-corrected chi connectivity index (χ2v) is 5.20. The maximum Gasteiger partial charge on any atom is 0.338 e. The fourth-order valence-corrected chi connectivity index (χ4v) is 1.98. The molecular formula is C17H17NO6. The molecule has 0 saturated carbocycles. The fourth-order valence-electron chi connectivity index (χ4n) is 1.98. The molecule has 0 aromatic heterocycles. The molecule has 0 aliphatic carbocycles. The number of hydrogen-bond donors (Lipinski definition) is 0. The van der Waals surface area contributed by atoms with E-state index in [2.05, 4.69) is 0 Å². The average Bonchev–Trinajstić information content (AvgIpc) is 2.53. The predicted molar refractivity (Wildman–Crippen MR) is 86.7 cm³/mol. The summed E-state index contributed by atoms with van der Waals surface area (Å²) >= 11 is 0. The minimum absolute atomic E-state index is 0.0329. The van der Waals surface area contributed by atoms with Crippen molar-refractivity contribution in [1.29, 1.82) is 0 Å². The Balaban J connectivity index is 2.30. The molecule has 7 heteroatoms. The number of nitro groups is 1. The number of hydrogen-bond acceptors (Lipinski definition) is 6. The monoisotopic (exact) mass is 331 g/mol. The molecule has 0 aliphatic rings. The van der Waals surface area contributed by atoms with Gasteiger partial charge in [-0.1, -0.05) is 0 Å². The van der Waals surface area contributed by atoms with Crippen molar-refractivity contribution in [2.75, 3.05) is 7.11 Å². The molecule has 2 aromatic carbocycles. The van der Waals surface area contributed by atoms with E-state index in [9.17, 15) is 14.9 Å². The molecule has 0 spiro atoms. The van der Waals surface area contributed by atoms with E-state index in [1.165, 1.54) is 37.4 Å². The first-order valence-corrected chi connectivity index (χ1v) is 7.21. The first-order chi connectivity index (χ1) is 11.4. The Morgan fingerprint density at radius 2 is 1.67 bits per heavy atom. The topological polar surface area (TPSA) is 87.9 Å². The highest BCUT2D eigenvalue weighted by Gasteiger charge is 2.12. The molecule has 7 nitrogen and oxygen atoms in total. The van der Waals surface area contributed by atoms with Gasteiger partial charge in [0, 0.05) is 18.2 Å². The van der Waals surface area contributed by atoms with E-state index in [0.29, 0.717) is 17.2 Å². The van der Waals surface area contributed by atoms with Gasteiger partial charge < -0.3 is 14.2 Å². The highest BCUT2D eigenvalue weighted by Crippen LogP contribution is 2.29. The van der Waals surface area contributed by atoms with Crippen molar-refractivity contribution in [3.05, 3.63) is 58.1 Å². The van der Waals surface area contributed by atoms with Crippen LogP contribution in [0.15, 0.2) is 42.5 Å². The molecule has 0 saturated heterocycles. The molecule has 0 N–H and O–H groups in total. The number of methoxy groups -OCH3 is 1. The summed E-state index contributed by atoms with van der Waals surface area (Å²) < 4.78 is 16.0. The molecular weight excluding hydrogens is 314 g/mol. The van der Waals surface area contributed by atoms with Crippen LogP contribution in [-0.2, 0) is 4.74 Å². The van der Waals surface area contributed by atoms with Gasteiger partial charge >= 0.3 is 5.97 Å². The molecule has 24 heavy (non-hydrogen) atoms. The van der Waals surface area contributed by atoms with Crippen LogP contribution in [0.3, 0.4) is 0 Å². The number of rotatable bonds is 6. The lowest BCUT2D eigenvalue weighted by Crippen LogP contribution is -2.07. The van der Waals surface area contributed by atoms with Gasteiger partial charge in [0.15, 0.2) is 0 Å². The van der Waals surface area contributed by atoms with E-state index in [-0.39, 0.29) is 17.4 Å². The standard InChI is InChI=1S/C17H17NO6/c1-11(2)23-15-8-12(17(19)22-3)9-16(10-15)24-14-6-4-13(5-7-14)18(20)21/h4-11H,1-3H3. The summed E-state index contributed by atoms with van der Waals surface area (Å²) in [5.41, 5.74) is 0.252. The van der Waals surface area contributed by atoms with E-state index in [1.807, 2.05) is 13.8 Å². The third-order valence-corrected chi connectivity index (χ3v) is 2.96. The zero-order chi connectivity index (χ0) is 17.7. The highest BCUT2D eigenvalue weighted by atomic mass is 16.6. The molecule has 0 aliphatic heterocycles. The third kappa shape index (κ3) is 4.45. The molecule has 0 heterocycles. The first-order valence-electron chi connectivity index (χ1n) is 7.21. The largest absolute Gasteiger partial charge is 0.491 e. The van der Waals surface area contributed by atoms with Crippen LogP contribution in [0.25, 0.3) is 0 Å². The summed E-state index contributed by atoms with van der Waals surface area (Å²) in [6.07, 6.45) is -0.0786. The van der Waals surface area contributed by atoms with E-state index in [4.69, 9.17) is 14.2 Å². The average molecular weight is 331 g/mol. The maximum absolute atomic E-state index is 11.8. The van der Waals surface area contributed by atoms with Crippen molar-refractivity contribution in [1.82, 2.24) is 0 Å². The first kappa shape index (κ1) is 17.3. The van der Waals surface area contributed by atoms with Gasteiger partial charge in [0.1, 0.15) is 17.2 Å². The number of ether oxygens (including phenoxy) is 3. The Hall–Kier alpha value is -3.09. The Morgan fingerprint density at radius 3 is 2.21 bits per heavy atom. The van der Waals surface area contributed by atoms with Gasteiger partial charge in [-0.05, 0) is 38.1 Å². The van der Waals surface area contributed by atoms with Crippen LogP contribution in [0.2, 0.25) is 0 Å². The minimum atomic E-state index is -0.516. The normalized spacial score (nSPS) is 10.3. The van der Waals surface area contributed by atoms with Crippen LogP contribution in [0.1, 0.15) is 24.2 Å². The lowest BCUT2D eigenvalue weighted by Gasteiger charge is -2.13. The van der Waals surface area contributed by atoms with Crippen LogP contribution in [0.4, 0.5) is 5.69 Å². The summed E-state index contributed by atoms with van der Waals surface area (Å²) in [6, 6.07) is 10.3. The van der Waals surface area contributed by atoms with E-state index in [0.717, 1.165) is 0 Å². The summed E-state index contributed by atoms with van der Waals surface area (Å²) in [7, 11) is 1.29. The molecule has 0 bridgehead atoms. The molecule has 2 aromatic rings. The zero-order valence-electron chi connectivity index (χ0n) is 13.5. The van der Waals surface area contributed by atoms with Crippen molar-refractivity contribution in [3.63, 3.8) is 0 Å². The van der Waals surface area contributed by atoms with Crippen molar-refractivity contribution < 1.29 is 23.9 Å². The van der Waals surface area contributed by atoms with Crippen LogP contribution in [0.5, 0.6) is 17.2 Å². The Kier molecular flexibility index (Phi) is 5.36. The Bertz CT molecular complexity index is 739. The van der Waals surface area contributed by atoms with E-state index >= 15 is 0 Å². The van der Waals surface area contributed by atoms with E-state index < -0.39 is 10.9 Å². The summed E-state index contributed by atoms with van der Waals surface area (Å²) in [5, 5.41) is 10.7. The van der Waals surface area contributed by atoms with Gasteiger partial charge in [-0.15, -0.1) is 0 Å². The number of nitro benzene ring substituents is 1. The van der Waals surface area contributed by atoms with Gasteiger partial charge in [-0.3, -0.25) is 10.1 Å². The fraction of sp³-hybridized carbons (Fsp3) is 0.235. The number of esters is 1. The second-order valence-electron chi connectivity index (χ2n) is 5.20. The number of non-ortho nitro benzene ring substituents is 1. The third-order valence-electron chi connectivity index (χ3n) is 2.96. The summed E-state index contributed by atoms with van der Waals surface area (Å²) in [6.45, 7) is 3.73. The van der Waals surface area contributed by atoms with Gasteiger partial charge in [0.05, 0.1) is 23.7 Å². The number of benzene rings is 2. The van der Waals surface area contributed by atoms with Gasteiger partial charge in [-0.2, -0.15) is 0 Å². The molecule has 2 rings (SSSR count). The SMILES string of the molecule is COC(=O)c1cc(Oc2ccc([N+](=O)[O-])cc2)cc(OC(C)C)c1. The predicted octanol–water partition coefficient (Wildman–Crippen LogP) is 3.96. The lowest BCUT2D eigenvalue weighted by molar-refractivity contribution is -0.384. The molecule has 0 radical (unpaired) electrons. The lowest BCUT2D eigenvalue weighted by atomic mass is 10.2. The van der Waals surface area contributed by atoms with E-state index in [1.54, 1.807) is 12.1 Å². The van der Waals surface area contributed by atoms with Crippen LogP contribution in [0, 0.1) is 10.1 Å². The van der Waals surface area contributed by atoms with Gasteiger partial charge in [-0.25, -0.2) is 4.79 Å².